The maximum atomic E-state index is 12.8. The molecule has 5 heteroatoms. The van der Waals surface area contributed by atoms with Crippen molar-refractivity contribution < 1.29 is 4.39 Å². The monoisotopic (exact) mass is 232 g/mol. The summed E-state index contributed by atoms with van der Waals surface area (Å²) in [5, 5.41) is 0. The van der Waals surface area contributed by atoms with E-state index in [1.807, 2.05) is 23.5 Å². The third-order valence-corrected chi connectivity index (χ3v) is 4.26. The Labute approximate surface area is 91.5 Å². The predicted molar refractivity (Wildman–Crippen MR) is 58.8 cm³/mol. The maximum Gasteiger partial charge on any atom is 0.114 e. The summed E-state index contributed by atoms with van der Waals surface area (Å²) in [4.78, 5) is 6.20. The van der Waals surface area contributed by atoms with E-state index in [4.69, 9.17) is 0 Å². The van der Waals surface area contributed by atoms with Crippen LogP contribution in [-0.2, 0) is 0 Å². The standard InChI is InChI=1S/C9H13FN2S2/c10-8-1-2-12(6-8)3-4-13-9-5-11-7-14-9/h5,7-8H,1-4,6H2/t8-/m0/s1. The van der Waals surface area contributed by atoms with Crippen molar-refractivity contribution in [2.45, 2.75) is 16.8 Å². The minimum Gasteiger partial charge on any atom is -0.300 e. The summed E-state index contributed by atoms with van der Waals surface area (Å²) in [7, 11) is 0. The van der Waals surface area contributed by atoms with E-state index < -0.39 is 6.17 Å². The Kier molecular flexibility index (Phi) is 3.78. The SMILES string of the molecule is F[C@H]1CCN(CCSc2cncs2)C1. The van der Waals surface area contributed by atoms with Crippen molar-refractivity contribution in [3.63, 3.8) is 0 Å². The first-order valence-corrected chi connectivity index (χ1v) is 6.59. The Morgan fingerprint density at radius 2 is 2.64 bits per heavy atom. The van der Waals surface area contributed by atoms with Crippen LogP contribution in [0.5, 0.6) is 0 Å². The number of alkyl halides is 1. The third-order valence-electron chi connectivity index (χ3n) is 2.28. The lowest BCUT2D eigenvalue weighted by Gasteiger charge is -2.12. The van der Waals surface area contributed by atoms with Crippen LogP contribution in [0.15, 0.2) is 15.9 Å². The summed E-state index contributed by atoms with van der Waals surface area (Å²) in [6.07, 6.45) is 2.01. The number of hydrogen-bond donors (Lipinski definition) is 0. The number of hydrogen-bond acceptors (Lipinski definition) is 4. The van der Waals surface area contributed by atoms with Crippen LogP contribution in [0.1, 0.15) is 6.42 Å². The zero-order valence-electron chi connectivity index (χ0n) is 7.86. The molecule has 0 aromatic carbocycles. The van der Waals surface area contributed by atoms with Crippen LogP contribution in [0.4, 0.5) is 4.39 Å². The zero-order chi connectivity index (χ0) is 9.80. The molecule has 0 bridgehead atoms. The van der Waals surface area contributed by atoms with E-state index in [9.17, 15) is 4.39 Å². The number of thioether (sulfide) groups is 1. The summed E-state index contributed by atoms with van der Waals surface area (Å²) < 4.78 is 14.1. The van der Waals surface area contributed by atoms with Gasteiger partial charge in [-0.1, -0.05) is 0 Å². The highest BCUT2D eigenvalue weighted by Crippen LogP contribution is 2.22. The van der Waals surface area contributed by atoms with E-state index in [0.29, 0.717) is 13.0 Å². The summed E-state index contributed by atoms with van der Waals surface area (Å²) in [5.41, 5.74) is 1.84. The molecule has 0 N–H and O–H groups in total. The molecule has 1 aromatic heterocycles. The number of thiazole rings is 1. The highest BCUT2D eigenvalue weighted by Gasteiger charge is 2.20. The van der Waals surface area contributed by atoms with Gasteiger partial charge < -0.3 is 0 Å². The van der Waals surface area contributed by atoms with E-state index >= 15 is 0 Å². The first kappa shape index (κ1) is 10.4. The number of halogens is 1. The second-order valence-electron chi connectivity index (χ2n) is 3.36. The second kappa shape index (κ2) is 5.09. The molecule has 1 fully saturated rings. The minimum atomic E-state index is -0.594. The lowest BCUT2D eigenvalue weighted by atomic mass is 10.3. The van der Waals surface area contributed by atoms with Crippen molar-refractivity contribution in [1.82, 2.24) is 9.88 Å². The van der Waals surface area contributed by atoms with Crippen molar-refractivity contribution in [2.75, 3.05) is 25.4 Å². The largest absolute Gasteiger partial charge is 0.300 e. The van der Waals surface area contributed by atoms with Gasteiger partial charge in [0.25, 0.3) is 0 Å². The molecule has 0 amide bonds. The van der Waals surface area contributed by atoms with Crippen molar-refractivity contribution in [2.24, 2.45) is 0 Å². The molecular formula is C9H13FN2S2. The molecule has 1 aromatic rings. The number of likely N-dealkylation sites (tertiary alicyclic amines) is 1. The smallest absolute Gasteiger partial charge is 0.114 e. The van der Waals surface area contributed by atoms with Crippen LogP contribution in [0.25, 0.3) is 0 Å². The van der Waals surface area contributed by atoms with Gasteiger partial charge in [0.05, 0.1) is 15.9 Å². The van der Waals surface area contributed by atoms with Gasteiger partial charge in [0.1, 0.15) is 6.17 Å². The van der Waals surface area contributed by atoms with Crippen molar-refractivity contribution in [3.8, 4) is 0 Å². The quantitative estimate of drug-likeness (QED) is 0.741. The summed E-state index contributed by atoms with van der Waals surface area (Å²) in [5.74, 6) is 1.04. The Morgan fingerprint density at radius 1 is 1.71 bits per heavy atom. The van der Waals surface area contributed by atoms with Gasteiger partial charge in [-0.15, -0.1) is 23.1 Å². The molecule has 1 saturated heterocycles. The first-order valence-electron chi connectivity index (χ1n) is 4.72. The molecule has 0 aliphatic carbocycles. The average molecular weight is 232 g/mol. The molecule has 1 aliphatic rings. The number of aromatic nitrogens is 1. The Bertz CT molecular complexity index is 266. The van der Waals surface area contributed by atoms with Gasteiger partial charge in [-0.3, -0.25) is 9.88 Å². The van der Waals surface area contributed by atoms with Gasteiger partial charge in [0.2, 0.25) is 0 Å². The van der Waals surface area contributed by atoms with Crippen molar-refractivity contribution >= 4 is 23.1 Å². The minimum absolute atomic E-state index is 0.594. The molecule has 2 rings (SSSR count). The zero-order valence-corrected chi connectivity index (χ0v) is 9.49. The predicted octanol–water partition coefficient (Wildman–Crippen LogP) is 2.28. The first-order chi connectivity index (χ1) is 6.84. The lowest BCUT2D eigenvalue weighted by Crippen LogP contribution is -2.23. The normalized spacial score (nSPS) is 23.1. The van der Waals surface area contributed by atoms with Gasteiger partial charge >= 0.3 is 0 Å². The van der Waals surface area contributed by atoms with Crippen LogP contribution < -0.4 is 0 Å². The molecule has 0 unspecified atom stereocenters. The fourth-order valence-corrected chi connectivity index (χ4v) is 3.22. The molecule has 0 saturated carbocycles. The van der Waals surface area contributed by atoms with Crippen LogP contribution in [-0.4, -0.2) is 41.4 Å². The van der Waals surface area contributed by atoms with Crippen LogP contribution in [0.2, 0.25) is 0 Å². The molecule has 0 radical (unpaired) electrons. The van der Waals surface area contributed by atoms with E-state index in [-0.39, 0.29) is 0 Å². The Morgan fingerprint density at radius 3 is 3.29 bits per heavy atom. The third kappa shape index (κ3) is 2.93. The highest BCUT2D eigenvalue weighted by molar-refractivity contribution is 8.01. The fraction of sp³-hybridized carbons (Fsp3) is 0.667. The van der Waals surface area contributed by atoms with Crippen LogP contribution in [0, 0.1) is 0 Å². The van der Waals surface area contributed by atoms with E-state index in [0.717, 1.165) is 18.8 Å². The molecular weight excluding hydrogens is 219 g/mol. The van der Waals surface area contributed by atoms with Crippen molar-refractivity contribution in [1.29, 1.82) is 0 Å². The Balaban J connectivity index is 1.64. The highest BCUT2D eigenvalue weighted by atomic mass is 32.2. The van der Waals surface area contributed by atoms with E-state index in [2.05, 4.69) is 9.88 Å². The molecule has 0 spiro atoms. The van der Waals surface area contributed by atoms with E-state index in [1.165, 1.54) is 4.21 Å². The van der Waals surface area contributed by atoms with Gasteiger partial charge in [-0.05, 0) is 6.42 Å². The topological polar surface area (TPSA) is 16.1 Å². The van der Waals surface area contributed by atoms with Crippen LogP contribution in [0.3, 0.4) is 0 Å². The maximum absolute atomic E-state index is 12.8. The summed E-state index contributed by atoms with van der Waals surface area (Å²) in [6.45, 7) is 2.54. The molecule has 2 heterocycles. The molecule has 2 nitrogen and oxygen atoms in total. The van der Waals surface area contributed by atoms with Crippen LogP contribution >= 0.6 is 23.1 Å². The lowest BCUT2D eigenvalue weighted by molar-refractivity contribution is 0.299. The average Bonchev–Trinajstić information content (AvgIpc) is 2.77. The number of rotatable bonds is 4. The van der Waals surface area contributed by atoms with Crippen molar-refractivity contribution in [3.05, 3.63) is 11.7 Å². The molecule has 14 heavy (non-hydrogen) atoms. The molecule has 1 aliphatic heterocycles. The summed E-state index contributed by atoms with van der Waals surface area (Å²) in [6, 6.07) is 0. The molecule has 78 valence electrons. The Hall–Kier alpha value is -0.130. The second-order valence-corrected chi connectivity index (χ2v) is 5.64. The van der Waals surface area contributed by atoms with Gasteiger partial charge in [0, 0.05) is 25.4 Å². The number of nitrogens with zero attached hydrogens (tertiary/aromatic N) is 2. The van der Waals surface area contributed by atoms with Gasteiger partial charge in [-0.25, -0.2) is 4.39 Å². The van der Waals surface area contributed by atoms with Gasteiger partial charge in [-0.2, -0.15) is 0 Å². The summed E-state index contributed by atoms with van der Waals surface area (Å²) >= 11 is 3.47. The van der Waals surface area contributed by atoms with E-state index in [1.54, 1.807) is 11.3 Å². The molecule has 1 atom stereocenters. The van der Waals surface area contributed by atoms with Gasteiger partial charge in [0.15, 0.2) is 0 Å². The fourth-order valence-electron chi connectivity index (χ4n) is 1.54.